The number of carbonyl (C=O) groups excluding carboxylic acids is 2. The molecule has 2 rings (SSSR count). The zero-order chi connectivity index (χ0) is 15.9. The van der Waals surface area contributed by atoms with Crippen molar-refractivity contribution in [3.05, 3.63) is 35.4 Å². The van der Waals surface area contributed by atoms with Crippen LogP contribution in [0.25, 0.3) is 0 Å². The van der Waals surface area contributed by atoms with Crippen LogP contribution in [0.4, 0.5) is 0 Å². The number of hydrogen-bond donors (Lipinski definition) is 2. The van der Waals surface area contributed by atoms with Crippen LogP contribution in [0.3, 0.4) is 0 Å². The highest BCUT2D eigenvalue weighted by atomic mass is 16.2. The first-order valence-corrected chi connectivity index (χ1v) is 7.66. The van der Waals surface area contributed by atoms with Crippen molar-refractivity contribution in [3.8, 4) is 0 Å². The lowest BCUT2D eigenvalue weighted by Gasteiger charge is -2.32. The number of likely N-dealkylation sites (N-methyl/N-ethyl adjacent to an activating group) is 1. The third-order valence-corrected chi connectivity index (χ3v) is 3.97. The van der Waals surface area contributed by atoms with Crippen LogP contribution in [-0.4, -0.2) is 67.9 Å². The van der Waals surface area contributed by atoms with Crippen molar-refractivity contribution in [2.45, 2.75) is 6.42 Å². The van der Waals surface area contributed by atoms with Gasteiger partial charge < -0.3 is 20.9 Å². The molecule has 1 aliphatic rings. The monoisotopic (exact) mass is 304 g/mol. The molecule has 6 nitrogen and oxygen atoms in total. The molecule has 6 heteroatoms. The molecule has 0 atom stereocenters. The summed E-state index contributed by atoms with van der Waals surface area (Å²) in [5.74, 6) is -0.823. The molecule has 1 heterocycles. The fourth-order valence-electron chi connectivity index (χ4n) is 2.57. The van der Waals surface area contributed by atoms with Crippen LogP contribution < -0.4 is 11.1 Å². The molecule has 0 unspecified atom stereocenters. The SMILES string of the molecule is CN1CCN(CCCNC(=O)c2ccccc2C(N)=O)CC1. The Hall–Kier alpha value is -1.92. The number of nitrogens with one attached hydrogen (secondary N) is 1. The van der Waals surface area contributed by atoms with Crippen molar-refractivity contribution in [3.63, 3.8) is 0 Å². The maximum Gasteiger partial charge on any atom is 0.252 e. The highest BCUT2D eigenvalue weighted by molar-refractivity contribution is 6.06. The smallest absolute Gasteiger partial charge is 0.252 e. The van der Waals surface area contributed by atoms with Crippen molar-refractivity contribution < 1.29 is 9.59 Å². The Kier molecular flexibility index (Phi) is 5.91. The molecule has 1 saturated heterocycles. The fraction of sp³-hybridized carbons (Fsp3) is 0.500. The number of rotatable bonds is 6. The van der Waals surface area contributed by atoms with Gasteiger partial charge in [0.1, 0.15) is 0 Å². The van der Waals surface area contributed by atoms with Crippen LogP contribution >= 0.6 is 0 Å². The summed E-state index contributed by atoms with van der Waals surface area (Å²) >= 11 is 0. The first-order chi connectivity index (χ1) is 10.6. The molecule has 0 radical (unpaired) electrons. The minimum absolute atomic E-state index is 0.243. The molecule has 3 N–H and O–H groups in total. The fourth-order valence-corrected chi connectivity index (χ4v) is 2.57. The lowest BCUT2D eigenvalue weighted by atomic mass is 10.1. The second-order valence-electron chi connectivity index (χ2n) is 5.66. The number of piperazine rings is 1. The van der Waals surface area contributed by atoms with Crippen molar-refractivity contribution >= 4 is 11.8 Å². The van der Waals surface area contributed by atoms with Gasteiger partial charge in [-0.1, -0.05) is 12.1 Å². The normalized spacial score (nSPS) is 16.4. The van der Waals surface area contributed by atoms with Crippen molar-refractivity contribution in [2.75, 3.05) is 46.3 Å². The maximum atomic E-state index is 12.1. The molecule has 0 aliphatic carbocycles. The van der Waals surface area contributed by atoms with Gasteiger partial charge in [0.15, 0.2) is 0 Å². The van der Waals surface area contributed by atoms with Crippen LogP contribution in [0.1, 0.15) is 27.1 Å². The van der Waals surface area contributed by atoms with E-state index in [-0.39, 0.29) is 11.5 Å². The number of primary amides is 1. The summed E-state index contributed by atoms with van der Waals surface area (Å²) in [4.78, 5) is 28.2. The quantitative estimate of drug-likeness (QED) is 0.734. The van der Waals surface area contributed by atoms with Crippen LogP contribution in [0.5, 0.6) is 0 Å². The Morgan fingerprint density at radius 3 is 2.41 bits per heavy atom. The number of carbonyl (C=O) groups is 2. The molecule has 0 aromatic heterocycles. The average Bonchev–Trinajstić information content (AvgIpc) is 2.53. The van der Waals surface area contributed by atoms with Crippen molar-refractivity contribution in [2.24, 2.45) is 5.73 Å². The first-order valence-electron chi connectivity index (χ1n) is 7.66. The summed E-state index contributed by atoms with van der Waals surface area (Å²) in [6, 6.07) is 6.62. The van der Waals surface area contributed by atoms with E-state index in [0.29, 0.717) is 12.1 Å². The van der Waals surface area contributed by atoms with Crippen LogP contribution in [0.2, 0.25) is 0 Å². The van der Waals surface area contributed by atoms with Gasteiger partial charge in [0.05, 0.1) is 11.1 Å². The minimum Gasteiger partial charge on any atom is -0.366 e. The van der Waals surface area contributed by atoms with Gasteiger partial charge in [-0.3, -0.25) is 9.59 Å². The molecule has 0 bridgehead atoms. The third-order valence-electron chi connectivity index (χ3n) is 3.97. The predicted molar refractivity (Wildman–Crippen MR) is 85.8 cm³/mol. The molecular weight excluding hydrogens is 280 g/mol. The van der Waals surface area contributed by atoms with Crippen molar-refractivity contribution in [1.29, 1.82) is 0 Å². The Morgan fingerprint density at radius 1 is 1.14 bits per heavy atom. The molecule has 1 aliphatic heterocycles. The number of benzene rings is 1. The summed E-state index contributed by atoms with van der Waals surface area (Å²) in [7, 11) is 2.13. The van der Waals surface area contributed by atoms with E-state index in [1.54, 1.807) is 24.3 Å². The molecule has 1 aromatic rings. The largest absolute Gasteiger partial charge is 0.366 e. The minimum atomic E-state index is -0.580. The van der Waals surface area contributed by atoms with E-state index in [9.17, 15) is 9.59 Å². The molecule has 0 saturated carbocycles. The number of hydrogen-bond acceptors (Lipinski definition) is 4. The lowest BCUT2D eigenvalue weighted by molar-refractivity contribution is 0.0932. The Bertz CT molecular complexity index is 525. The van der Waals surface area contributed by atoms with Gasteiger partial charge in [0.25, 0.3) is 5.91 Å². The number of amides is 2. The standard InChI is InChI=1S/C16H24N4O2/c1-19-9-11-20(12-10-19)8-4-7-18-16(22)14-6-3-2-5-13(14)15(17)21/h2-3,5-6H,4,7-12H2,1H3,(H2,17,21)(H,18,22). The Balaban J connectivity index is 1.75. The summed E-state index contributed by atoms with van der Waals surface area (Å²) < 4.78 is 0. The van der Waals surface area contributed by atoms with E-state index in [1.807, 2.05) is 0 Å². The van der Waals surface area contributed by atoms with E-state index in [4.69, 9.17) is 5.73 Å². The second kappa shape index (κ2) is 7.91. The molecule has 1 aromatic carbocycles. The molecule has 2 amide bonds. The zero-order valence-electron chi connectivity index (χ0n) is 13.0. The molecule has 120 valence electrons. The Labute approximate surface area is 131 Å². The third kappa shape index (κ3) is 4.54. The van der Waals surface area contributed by atoms with Gasteiger partial charge in [-0.25, -0.2) is 0 Å². The van der Waals surface area contributed by atoms with Gasteiger partial charge in [0.2, 0.25) is 5.91 Å². The van der Waals surface area contributed by atoms with Crippen LogP contribution in [0.15, 0.2) is 24.3 Å². The van der Waals surface area contributed by atoms with Gasteiger partial charge in [-0.05, 0) is 32.1 Å². The summed E-state index contributed by atoms with van der Waals surface area (Å²) in [6.45, 7) is 5.92. The maximum absolute atomic E-state index is 12.1. The van der Waals surface area contributed by atoms with Gasteiger partial charge in [-0.2, -0.15) is 0 Å². The van der Waals surface area contributed by atoms with Crippen LogP contribution in [0, 0.1) is 0 Å². The van der Waals surface area contributed by atoms with E-state index < -0.39 is 5.91 Å². The highest BCUT2D eigenvalue weighted by Crippen LogP contribution is 2.07. The summed E-state index contributed by atoms with van der Waals surface area (Å²) in [5, 5.41) is 2.86. The van der Waals surface area contributed by atoms with E-state index in [2.05, 4.69) is 22.2 Å². The Morgan fingerprint density at radius 2 is 1.77 bits per heavy atom. The average molecular weight is 304 g/mol. The first kappa shape index (κ1) is 16.5. The predicted octanol–water partition coefficient (Wildman–Crippen LogP) is 0.153. The molecule has 1 fully saturated rings. The van der Waals surface area contributed by atoms with Gasteiger partial charge in [-0.15, -0.1) is 0 Å². The topological polar surface area (TPSA) is 78.7 Å². The number of nitrogens with two attached hydrogens (primary N) is 1. The van der Waals surface area contributed by atoms with E-state index in [1.165, 1.54) is 0 Å². The zero-order valence-corrected chi connectivity index (χ0v) is 13.0. The second-order valence-corrected chi connectivity index (χ2v) is 5.66. The molecular formula is C16H24N4O2. The van der Waals surface area contributed by atoms with Gasteiger partial charge in [0, 0.05) is 32.7 Å². The summed E-state index contributed by atoms with van der Waals surface area (Å²) in [5.41, 5.74) is 5.89. The van der Waals surface area contributed by atoms with E-state index >= 15 is 0 Å². The van der Waals surface area contributed by atoms with Crippen LogP contribution in [-0.2, 0) is 0 Å². The molecule has 0 spiro atoms. The molecule has 22 heavy (non-hydrogen) atoms. The number of nitrogens with zero attached hydrogens (tertiary/aromatic N) is 2. The van der Waals surface area contributed by atoms with Gasteiger partial charge >= 0.3 is 0 Å². The van der Waals surface area contributed by atoms with E-state index in [0.717, 1.165) is 39.1 Å². The van der Waals surface area contributed by atoms with Crippen molar-refractivity contribution in [1.82, 2.24) is 15.1 Å². The summed E-state index contributed by atoms with van der Waals surface area (Å²) in [6.07, 6.45) is 0.897. The lowest BCUT2D eigenvalue weighted by Crippen LogP contribution is -2.45. The highest BCUT2D eigenvalue weighted by Gasteiger charge is 2.15.